The van der Waals surface area contributed by atoms with E-state index in [1.807, 2.05) is 11.7 Å². The molecule has 0 bridgehead atoms. The number of rotatable bonds is 9. The van der Waals surface area contributed by atoms with E-state index in [0.29, 0.717) is 6.54 Å². The summed E-state index contributed by atoms with van der Waals surface area (Å²) in [4.78, 5) is 4.79. The topological polar surface area (TPSA) is 63.5 Å². The molecule has 1 heterocycles. The summed E-state index contributed by atoms with van der Waals surface area (Å²) in [5.41, 5.74) is 5.99. The molecule has 0 unspecified atom stereocenters. The van der Waals surface area contributed by atoms with E-state index in [2.05, 4.69) is 61.6 Å². The van der Waals surface area contributed by atoms with Crippen LogP contribution in [0.25, 0.3) is 0 Å². The SMILES string of the molecule is CCNC(=NCc1ccc(C)cc1OCC1CC1)NCCc1c(C)nn(C)c1C.I. The highest BCUT2D eigenvalue weighted by Gasteiger charge is 2.22. The van der Waals surface area contributed by atoms with Crippen molar-refractivity contribution in [2.75, 3.05) is 19.7 Å². The van der Waals surface area contributed by atoms with E-state index in [4.69, 9.17) is 9.73 Å². The van der Waals surface area contributed by atoms with Gasteiger partial charge in [0.2, 0.25) is 0 Å². The van der Waals surface area contributed by atoms with Crippen LogP contribution in [-0.4, -0.2) is 35.4 Å². The maximum Gasteiger partial charge on any atom is 0.191 e. The number of nitrogens with zero attached hydrogens (tertiary/aromatic N) is 3. The van der Waals surface area contributed by atoms with Gasteiger partial charge in [0, 0.05) is 31.4 Å². The highest BCUT2D eigenvalue weighted by molar-refractivity contribution is 14.0. The molecule has 3 rings (SSSR count). The van der Waals surface area contributed by atoms with E-state index < -0.39 is 0 Å². The molecule has 1 aliphatic rings. The fourth-order valence-corrected chi connectivity index (χ4v) is 3.41. The Balaban J connectivity index is 0.00000320. The summed E-state index contributed by atoms with van der Waals surface area (Å²) < 4.78 is 8.03. The van der Waals surface area contributed by atoms with Crippen molar-refractivity contribution in [1.82, 2.24) is 20.4 Å². The van der Waals surface area contributed by atoms with Crippen LogP contribution in [0.4, 0.5) is 0 Å². The predicted octanol–water partition coefficient (Wildman–Crippen LogP) is 4.05. The Morgan fingerprint density at radius 3 is 2.63 bits per heavy atom. The first-order valence-electron chi connectivity index (χ1n) is 10.7. The van der Waals surface area contributed by atoms with E-state index >= 15 is 0 Å². The molecule has 7 heteroatoms. The van der Waals surface area contributed by atoms with Gasteiger partial charge in [-0.2, -0.15) is 5.10 Å². The molecule has 0 radical (unpaired) electrons. The smallest absolute Gasteiger partial charge is 0.191 e. The summed E-state index contributed by atoms with van der Waals surface area (Å²) in [6.07, 6.45) is 3.52. The van der Waals surface area contributed by atoms with Gasteiger partial charge >= 0.3 is 0 Å². The molecule has 1 aromatic heterocycles. The van der Waals surface area contributed by atoms with Crippen LogP contribution in [0.1, 0.15) is 47.8 Å². The lowest BCUT2D eigenvalue weighted by atomic mass is 10.1. The number of nitrogens with one attached hydrogen (secondary N) is 2. The monoisotopic (exact) mass is 525 g/mol. The summed E-state index contributed by atoms with van der Waals surface area (Å²) in [6.45, 7) is 11.4. The first-order chi connectivity index (χ1) is 14.0. The number of aliphatic imine (C=N–C) groups is 1. The maximum absolute atomic E-state index is 6.08. The average Bonchev–Trinajstić information content (AvgIpc) is 3.48. The lowest BCUT2D eigenvalue weighted by Crippen LogP contribution is -2.38. The number of guanidine groups is 1. The zero-order valence-corrected chi connectivity index (χ0v) is 21.2. The summed E-state index contributed by atoms with van der Waals surface area (Å²) in [5, 5.41) is 11.3. The van der Waals surface area contributed by atoms with Crippen LogP contribution < -0.4 is 15.4 Å². The summed E-state index contributed by atoms with van der Waals surface area (Å²) in [7, 11) is 2.00. The molecule has 2 N–H and O–H groups in total. The summed E-state index contributed by atoms with van der Waals surface area (Å²) in [6, 6.07) is 6.39. The Morgan fingerprint density at radius 2 is 2.00 bits per heavy atom. The van der Waals surface area contributed by atoms with E-state index in [0.717, 1.165) is 55.0 Å². The van der Waals surface area contributed by atoms with E-state index in [-0.39, 0.29) is 24.0 Å². The van der Waals surface area contributed by atoms with Crippen molar-refractivity contribution in [2.24, 2.45) is 18.0 Å². The molecule has 0 atom stereocenters. The second kappa shape index (κ2) is 11.6. The number of aryl methyl sites for hydroxylation is 3. The molecule has 30 heavy (non-hydrogen) atoms. The second-order valence-corrected chi connectivity index (χ2v) is 8.01. The molecular formula is C23H36IN5O. The Kier molecular flexibility index (Phi) is 9.45. The van der Waals surface area contributed by atoms with Gasteiger partial charge in [-0.3, -0.25) is 4.68 Å². The molecule has 6 nitrogen and oxygen atoms in total. The van der Waals surface area contributed by atoms with Gasteiger partial charge in [-0.1, -0.05) is 12.1 Å². The van der Waals surface area contributed by atoms with Gasteiger partial charge in [-0.25, -0.2) is 4.99 Å². The lowest BCUT2D eigenvalue weighted by molar-refractivity contribution is 0.296. The van der Waals surface area contributed by atoms with Crippen molar-refractivity contribution in [2.45, 2.75) is 53.5 Å². The Hall–Kier alpha value is -1.77. The molecule has 1 aliphatic carbocycles. The molecule has 0 saturated heterocycles. The van der Waals surface area contributed by atoms with Gasteiger partial charge in [0.15, 0.2) is 5.96 Å². The van der Waals surface area contributed by atoms with Gasteiger partial charge in [0.05, 0.1) is 18.8 Å². The largest absolute Gasteiger partial charge is 0.493 e. The second-order valence-electron chi connectivity index (χ2n) is 8.01. The molecule has 2 aromatic rings. The third kappa shape index (κ3) is 6.89. The van der Waals surface area contributed by atoms with Gasteiger partial charge in [-0.05, 0) is 70.1 Å². The molecule has 0 amide bonds. The van der Waals surface area contributed by atoms with Crippen LogP contribution in [0.5, 0.6) is 5.75 Å². The molecule has 0 aliphatic heterocycles. The zero-order chi connectivity index (χ0) is 20.8. The number of benzene rings is 1. The van der Waals surface area contributed by atoms with E-state index in [9.17, 15) is 0 Å². The van der Waals surface area contributed by atoms with Crippen LogP contribution in [0.2, 0.25) is 0 Å². The predicted molar refractivity (Wildman–Crippen MR) is 134 cm³/mol. The molecule has 1 fully saturated rings. The number of halogens is 1. The average molecular weight is 525 g/mol. The van der Waals surface area contributed by atoms with Crippen molar-refractivity contribution in [3.05, 3.63) is 46.3 Å². The first-order valence-corrected chi connectivity index (χ1v) is 10.7. The fourth-order valence-electron chi connectivity index (χ4n) is 3.41. The lowest BCUT2D eigenvalue weighted by Gasteiger charge is -2.14. The highest BCUT2D eigenvalue weighted by Crippen LogP contribution is 2.31. The van der Waals surface area contributed by atoms with Crippen LogP contribution in [-0.2, 0) is 20.0 Å². The minimum atomic E-state index is 0. The quantitative estimate of drug-likeness (QED) is 0.295. The standard InChI is InChI=1S/C23H35N5O.HI/c1-6-24-23(25-12-11-21-17(3)27-28(5)18(21)4)26-14-20-10-7-16(2)13-22(20)29-15-19-8-9-19;/h7,10,13,19H,6,8-9,11-12,14-15H2,1-5H3,(H2,24,25,26);1H. The van der Waals surface area contributed by atoms with Crippen molar-refractivity contribution in [1.29, 1.82) is 0 Å². The minimum Gasteiger partial charge on any atom is -0.493 e. The fraction of sp³-hybridized carbons (Fsp3) is 0.565. The van der Waals surface area contributed by atoms with Crippen LogP contribution in [0.15, 0.2) is 23.2 Å². The van der Waals surface area contributed by atoms with E-state index in [1.165, 1.54) is 29.7 Å². The normalized spacial score (nSPS) is 13.7. The van der Waals surface area contributed by atoms with Crippen LogP contribution in [0.3, 0.4) is 0 Å². The van der Waals surface area contributed by atoms with Crippen LogP contribution >= 0.6 is 24.0 Å². The van der Waals surface area contributed by atoms with Crippen molar-refractivity contribution in [3.63, 3.8) is 0 Å². The van der Waals surface area contributed by atoms with Crippen LogP contribution in [0, 0.1) is 26.7 Å². The van der Waals surface area contributed by atoms with Crippen molar-refractivity contribution < 1.29 is 4.74 Å². The number of hydrogen-bond donors (Lipinski definition) is 2. The molecular weight excluding hydrogens is 489 g/mol. The Labute approximate surface area is 197 Å². The summed E-state index contributed by atoms with van der Waals surface area (Å²) in [5.74, 6) is 2.55. The van der Waals surface area contributed by atoms with Gasteiger partial charge in [0.1, 0.15) is 5.75 Å². The third-order valence-electron chi connectivity index (χ3n) is 5.47. The number of hydrogen-bond acceptors (Lipinski definition) is 3. The summed E-state index contributed by atoms with van der Waals surface area (Å²) >= 11 is 0. The number of aromatic nitrogens is 2. The van der Waals surface area contributed by atoms with Gasteiger partial charge in [-0.15, -0.1) is 24.0 Å². The molecule has 1 aromatic carbocycles. The van der Waals surface area contributed by atoms with Crippen molar-refractivity contribution >= 4 is 29.9 Å². The zero-order valence-electron chi connectivity index (χ0n) is 18.9. The van der Waals surface area contributed by atoms with Crippen molar-refractivity contribution in [3.8, 4) is 5.75 Å². The Morgan fingerprint density at radius 1 is 1.23 bits per heavy atom. The molecule has 166 valence electrons. The maximum atomic E-state index is 6.08. The third-order valence-corrected chi connectivity index (χ3v) is 5.47. The van der Waals surface area contributed by atoms with Gasteiger partial charge in [0.25, 0.3) is 0 Å². The minimum absolute atomic E-state index is 0. The Bertz CT molecular complexity index is 858. The molecule has 0 spiro atoms. The molecule has 1 saturated carbocycles. The first kappa shape index (κ1) is 24.5. The number of ether oxygens (including phenoxy) is 1. The van der Waals surface area contributed by atoms with E-state index in [1.54, 1.807) is 0 Å². The van der Waals surface area contributed by atoms with Gasteiger partial charge < -0.3 is 15.4 Å². The highest BCUT2D eigenvalue weighted by atomic mass is 127.